The lowest BCUT2D eigenvalue weighted by Crippen LogP contribution is -2.21. The molecule has 1 aromatic carbocycles. The summed E-state index contributed by atoms with van der Waals surface area (Å²) in [5.41, 5.74) is 0.414. The maximum Gasteiger partial charge on any atom is 0.306 e. The Morgan fingerprint density at radius 2 is 1.81 bits per heavy atom. The van der Waals surface area contributed by atoms with E-state index in [1.54, 1.807) is 24.3 Å². The minimum atomic E-state index is -0.586. The molecule has 0 radical (unpaired) electrons. The number of Topliss-reactive ketones (excluding diaryl/α,β-unsaturated/α-hetero) is 2. The highest BCUT2D eigenvalue weighted by Crippen LogP contribution is 2.25. The minimum Gasteiger partial charge on any atom is -0.496 e. The molecule has 5 nitrogen and oxygen atoms in total. The Hall–Kier alpha value is -2.17. The Balaban J connectivity index is 2.97. The number of para-hydroxylation sites is 1. The van der Waals surface area contributed by atoms with Gasteiger partial charge in [-0.2, -0.15) is 0 Å². The molecule has 0 N–H and O–H groups in total. The SMILES string of the molecule is COC(=O)CC(CCC(C)=O)C(=O)c1ccccc1OC. The molecule has 0 aliphatic rings. The second kappa shape index (κ2) is 8.19. The zero-order valence-corrected chi connectivity index (χ0v) is 12.5. The van der Waals surface area contributed by atoms with Crippen LogP contribution in [0.1, 0.15) is 36.5 Å². The van der Waals surface area contributed by atoms with Gasteiger partial charge in [-0.15, -0.1) is 0 Å². The molecular weight excluding hydrogens is 272 g/mol. The number of carbonyl (C=O) groups excluding carboxylic acids is 3. The molecule has 1 aromatic rings. The smallest absolute Gasteiger partial charge is 0.306 e. The van der Waals surface area contributed by atoms with Crippen molar-refractivity contribution < 1.29 is 23.9 Å². The summed E-state index contributed by atoms with van der Waals surface area (Å²) in [7, 11) is 2.76. The van der Waals surface area contributed by atoms with E-state index in [0.717, 1.165) is 0 Å². The average molecular weight is 292 g/mol. The van der Waals surface area contributed by atoms with Crippen molar-refractivity contribution in [2.75, 3.05) is 14.2 Å². The van der Waals surface area contributed by atoms with Crippen LogP contribution in [0.25, 0.3) is 0 Å². The van der Waals surface area contributed by atoms with Gasteiger partial charge >= 0.3 is 5.97 Å². The van der Waals surface area contributed by atoms with E-state index in [4.69, 9.17) is 4.74 Å². The van der Waals surface area contributed by atoms with E-state index in [9.17, 15) is 14.4 Å². The lowest BCUT2D eigenvalue weighted by molar-refractivity contribution is -0.141. The monoisotopic (exact) mass is 292 g/mol. The van der Waals surface area contributed by atoms with E-state index in [-0.39, 0.29) is 24.4 Å². The Bertz CT molecular complexity index is 521. The molecule has 114 valence electrons. The second-order valence-corrected chi connectivity index (χ2v) is 4.78. The normalized spacial score (nSPS) is 11.6. The van der Waals surface area contributed by atoms with Crippen LogP contribution in [0.5, 0.6) is 5.75 Å². The summed E-state index contributed by atoms with van der Waals surface area (Å²) < 4.78 is 9.79. The molecule has 1 rings (SSSR count). The fourth-order valence-corrected chi connectivity index (χ4v) is 2.06. The molecule has 0 aromatic heterocycles. The van der Waals surface area contributed by atoms with Crippen molar-refractivity contribution in [3.63, 3.8) is 0 Å². The maximum absolute atomic E-state index is 12.6. The van der Waals surface area contributed by atoms with Crippen LogP contribution < -0.4 is 4.74 Å². The number of hydrogen-bond donors (Lipinski definition) is 0. The van der Waals surface area contributed by atoms with Crippen LogP contribution in [0.3, 0.4) is 0 Å². The van der Waals surface area contributed by atoms with Crippen molar-refractivity contribution in [1.82, 2.24) is 0 Å². The van der Waals surface area contributed by atoms with Crippen LogP contribution in [-0.4, -0.2) is 31.8 Å². The summed E-state index contributed by atoms with van der Waals surface area (Å²) in [5.74, 6) is -0.818. The molecule has 0 saturated carbocycles. The largest absolute Gasteiger partial charge is 0.496 e. The van der Waals surface area contributed by atoms with Crippen molar-refractivity contribution in [3.8, 4) is 5.75 Å². The minimum absolute atomic E-state index is 0.0160. The van der Waals surface area contributed by atoms with Crippen LogP contribution in [-0.2, 0) is 14.3 Å². The van der Waals surface area contributed by atoms with E-state index in [0.29, 0.717) is 17.7 Å². The van der Waals surface area contributed by atoms with Gasteiger partial charge in [0.25, 0.3) is 0 Å². The van der Waals surface area contributed by atoms with Crippen LogP contribution in [0.2, 0.25) is 0 Å². The van der Waals surface area contributed by atoms with Gasteiger partial charge in [-0.25, -0.2) is 0 Å². The highest BCUT2D eigenvalue weighted by molar-refractivity contribution is 6.01. The molecular formula is C16H20O5. The maximum atomic E-state index is 12.6. The van der Waals surface area contributed by atoms with Gasteiger partial charge < -0.3 is 14.3 Å². The van der Waals surface area contributed by atoms with Crippen molar-refractivity contribution >= 4 is 17.5 Å². The number of carbonyl (C=O) groups is 3. The summed E-state index contributed by atoms with van der Waals surface area (Å²) in [6.07, 6.45) is 0.532. The van der Waals surface area contributed by atoms with Crippen LogP contribution in [0, 0.1) is 5.92 Å². The quantitative estimate of drug-likeness (QED) is 0.543. The summed E-state index contributed by atoms with van der Waals surface area (Å²) in [6, 6.07) is 6.84. The van der Waals surface area contributed by atoms with Gasteiger partial charge in [0, 0.05) is 12.3 Å². The third-order valence-corrected chi connectivity index (χ3v) is 3.23. The molecule has 0 aliphatic carbocycles. The van der Waals surface area contributed by atoms with Crippen LogP contribution in [0.4, 0.5) is 0 Å². The van der Waals surface area contributed by atoms with Gasteiger partial charge in [0.05, 0.1) is 26.2 Å². The summed E-state index contributed by atoms with van der Waals surface area (Å²) in [5, 5.41) is 0. The molecule has 21 heavy (non-hydrogen) atoms. The lowest BCUT2D eigenvalue weighted by Gasteiger charge is -2.15. The fraction of sp³-hybridized carbons (Fsp3) is 0.438. The van der Waals surface area contributed by atoms with Gasteiger partial charge in [-0.1, -0.05) is 12.1 Å². The van der Waals surface area contributed by atoms with Crippen molar-refractivity contribution in [2.45, 2.75) is 26.2 Å². The first-order valence-electron chi connectivity index (χ1n) is 6.73. The van der Waals surface area contributed by atoms with Crippen molar-refractivity contribution in [2.24, 2.45) is 5.92 Å². The predicted octanol–water partition coefficient (Wildman–Crippen LogP) is 2.43. The first kappa shape index (κ1) is 16.9. The Morgan fingerprint density at radius 3 is 2.38 bits per heavy atom. The average Bonchev–Trinajstić information content (AvgIpc) is 2.50. The first-order chi connectivity index (χ1) is 9.99. The van der Waals surface area contributed by atoms with Crippen molar-refractivity contribution in [3.05, 3.63) is 29.8 Å². The molecule has 0 saturated heterocycles. The Kier molecular flexibility index (Phi) is 6.59. The fourth-order valence-electron chi connectivity index (χ4n) is 2.06. The van der Waals surface area contributed by atoms with Gasteiger partial charge in [0.2, 0.25) is 0 Å². The number of benzene rings is 1. The molecule has 0 heterocycles. The van der Waals surface area contributed by atoms with Crippen molar-refractivity contribution in [1.29, 1.82) is 0 Å². The molecule has 0 bridgehead atoms. The number of rotatable bonds is 8. The van der Waals surface area contributed by atoms with Crippen LogP contribution in [0.15, 0.2) is 24.3 Å². The molecule has 0 aliphatic heterocycles. The first-order valence-corrected chi connectivity index (χ1v) is 6.73. The standard InChI is InChI=1S/C16H20O5/c1-11(17)8-9-12(10-15(18)21-3)16(19)13-6-4-5-7-14(13)20-2/h4-7,12H,8-10H2,1-3H3. The molecule has 5 heteroatoms. The van der Waals surface area contributed by atoms with E-state index < -0.39 is 11.9 Å². The van der Waals surface area contributed by atoms with Gasteiger partial charge in [-0.3, -0.25) is 9.59 Å². The lowest BCUT2D eigenvalue weighted by atomic mass is 9.89. The summed E-state index contributed by atoms with van der Waals surface area (Å²) in [6.45, 7) is 1.46. The topological polar surface area (TPSA) is 69.7 Å². The summed E-state index contributed by atoms with van der Waals surface area (Å²) >= 11 is 0. The molecule has 0 fully saturated rings. The van der Waals surface area contributed by atoms with E-state index in [1.807, 2.05) is 0 Å². The van der Waals surface area contributed by atoms with E-state index in [1.165, 1.54) is 21.1 Å². The predicted molar refractivity (Wildman–Crippen MR) is 77.4 cm³/mol. The Labute approximate surface area is 124 Å². The molecule has 0 amide bonds. The van der Waals surface area contributed by atoms with Gasteiger partial charge in [0.15, 0.2) is 5.78 Å². The molecule has 1 atom stereocenters. The highest BCUT2D eigenvalue weighted by atomic mass is 16.5. The van der Waals surface area contributed by atoms with Crippen LogP contribution >= 0.6 is 0 Å². The molecule has 1 unspecified atom stereocenters. The zero-order valence-electron chi connectivity index (χ0n) is 12.5. The third-order valence-electron chi connectivity index (χ3n) is 3.23. The number of hydrogen-bond acceptors (Lipinski definition) is 5. The molecule has 0 spiro atoms. The zero-order chi connectivity index (χ0) is 15.8. The second-order valence-electron chi connectivity index (χ2n) is 4.78. The highest BCUT2D eigenvalue weighted by Gasteiger charge is 2.25. The Morgan fingerprint density at radius 1 is 1.14 bits per heavy atom. The van der Waals surface area contributed by atoms with Gasteiger partial charge in [0.1, 0.15) is 11.5 Å². The van der Waals surface area contributed by atoms with Gasteiger partial charge in [-0.05, 0) is 25.5 Å². The van der Waals surface area contributed by atoms with E-state index in [2.05, 4.69) is 4.74 Å². The number of ether oxygens (including phenoxy) is 2. The summed E-state index contributed by atoms with van der Waals surface area (Å²) in [4.78, 5) is 35.2. The number of methoxy groups -OCH3 is 2. The third kappa shape index (κ3) is 5.02. The number of esters is 1. The van der Waals surface area contributed by atoms with E-state index >= 15 is 0 Å². The number of ketones is 2.